The molecule has 0 fully saturated rings. The maximum absolute atomic E-state index is 12.6. The number of fused-ring (bicyclic) bond motifs is 1. The molecular formula is C17H15F2N3O2S2. The highest BCUT2D eigenvalue weighted by atomic mass is 32.2. The Hall–Kier alpha value is -2.26. The number of carbonyl (C=O) groups excluding carboxylic acids is 1. The van der Waals surface area contributed by atoms with E-state index < -0.39 is 11.7 Å². The number of nitrogens with two attached hydrogens (primary N) is 1. The molecule has 0 amide bonds. The number of thioether (sulfide) groups is 1. The van der Waals surface area contributed by atoms with E-state index in [-0.39, 0.29) is 22.9 Å². The zero-order valence-electron chi connectivity index (χ0n) is 14.0. The van der Waals surface area contributed by atoms with Gasteiger partial charge < -0.3 is 10.5 Å². The molecule has 3 aromatic rings. The van der Waals surface area contributed by atoms with Gasteiger partial charge in [-0.25, -0.2) is 14.8 Å². The van der Waals surface area contributed by atoms with Crippen LogP contribution in [0.15, 0.2) is 29.2 Å². The number of nitrogen functional groups attached to an aromatic ring is 1. The molecule has 3 rings (SSSR count). The van der Waals surface area contributed by atoms with E-state index in [1.807, 2.05) is 13.8 Å². The highest BCUT2D eigenvalue weighted by Gasteiger charge is 2.18. The van der Waals surface area contributed by atoms with Gasteiger partial charge in [0.05, 0.1) is 10.9 Å². The number of rotatable bonds is 5. The first kappa shape index (κ1) is 18.5. The van der Waals surface area contributed by atoms with Crippen molar-refractivity contribution in [3.63, 3.8) is 0 Å². The average Bonchev–Trinajstić information content (AvgIpc) is 2.87. The predicted octanol–water partition coefficient (Wildman–Crippen LogP) is 4.56. The lowest BCUT2D eigenvalue weighted by molar-refractivity contribution is 0.0458. The number of nitrogens with zero attached hydrogens (tertiary/aromatic N) is 2. The van der Waals surface area contributed by atoms with Crippen LogP contribution in [0.4, 0.5) is 14.6 Å². The Morgan fingerprint density at radius 2 is 2.04 bits per heavy atom. The summed E-state index contributed by atoms with van der Waals surface area (Å²) in [6, 6.07) is 6.06. The summed E-state index contributed by atoms with van der Waals surface area (Å²) in [4.78, 5) is 22.8. The first-order chi connectivity index (χ1) is 12.4. The number of alkyl halides is 2. The lowest BCUT2D eigenvalue weighted by atomic mass is 10.2. The van der Waals surface area contributed by atoms with Crippen LogP contribution in [-0.2, 0) is 11.3 Å². The second kappa shape index (κ2) is 7.55. The third-order valence-corrected chi connectivity index (χ3v) is 5.65. The molecule has 0 unspecified atom stereocenters. The van der Waals surface area contributed by atoms with E-state index in [2.05, 4.69) is 9.97 Å². The third kappa shape index (κ3) is 3.78. The fourth-order valence-electron chi connectivity index (χ4n) is 2.43. The van der Waals surface area contributed by atoms with Gasteiger partial charge in [-0.2, -0.15) is 8.78 Å². The van der Waals surface area contributed by atoms with Crippen LogP contribution >= 0.6 is 23.1 Å². The Kier molecular flexibility index (Phi) is 5.38. The number of benzene rings is 1. The van der Waals surface area contributed by atoms with Crippen LogP contribution in [0.3, 0.4) is 0 Å². The number of aromatic nitrogens is 2. The molecule has 2 N–H and O–H groups in total. The highest BCUT2D eigenvalue weighted by molar-refractivity contribution is 7.99. The topological polar surface area (TPSA) is 78.1 Å². The standard InChI is InChI=1S/C17H15F2N3O2S2/c1-8-9(2)25-15-13(8)14(20)21-12(22-15)7-24-16(23)10-5-3-4-6-11(10)26-17(18)19/h3-6,17H,7H2,1-2H3,(H2,20,21,22). The minimum Gasteiger partial charge on any atom is -0.454 e. The molecule has 1 aromatic carbocycles. The van der Waals surface area contributed by atoms with Crippen LogP contribution in [0, 0.1) is 13.8 Å². The number of halogens is 2. The lowest BCUT2D eigenvalue weighted by Gasteiger charge is -2.09. The van der Waals surface area contributed by atoms with E-state index in [1.54, 1.807) is 12.1 Å². The van der Waals surface area contributed by atoms with E-state index in [0.717, 1.165) is 20.7 Å². The Balaban J connectivity index is 1.79. The van der Waals surface area contributed by atoms with Crippen molar-refractivity contribution >= 4 is 45.1 Å². The second-order valence-electron chi connectivity index (χ2n) is 5.44. The van der Waals surface area contributed by atoms with Gasteiger partial charge in [0.15, 0.2) is 12.4 Å². The smallest absolute Gasteiger partial charge is 0.339 e. The van der Waals surface area contributed by atoms with Crippen molar-refractivity contribution in [3.8, 4) is 0 Å². The number of aryl methyl sites for hydroxylation is 2. The molecule has 2 aromatic heterocycles. The van der Waals surface area contributed by atoms with Crippen molar-refractivity contribution in [2.24, 2.45) is 0 Å². The summed E-state index contributed by atoms with van der Waals surface area (Å²) in [5, 5.41) is 0.807. The van der Waals surface area contributed by atoms with E-state index in [4.69, 9.17) is 10.5 Å². The Labute approximate surface area is 156 Å². The monoisotopic (exact) mass is 395 g/mol. The Morgan fingerprint density at radius 3 is 2.77 bits per heavy atom. The molecule has 5 nitrogen and oxygen atoms in total. The molecule has 0 saturated heterocycles. The van der Waals surface area contributed by atoms with Crippen LogP contribution in [0.1, 0.15) is 26.6 Å². The van der Waals surface area contributed by atoms with Gasteiger partial charge in [0.2, 0.25) is 0 Å². The summed E-state index contributed by atoms with van der Waals surface area (Å²) in [7, 11) is 0. The number of carbonyl (C=O) groups is 1. The summed E-state index contributed by atoms with van der Waals surface area (Å²) < 4.78 is 30.4. The zero-order chi connectivity index (χ0) is 18.8. The van der Waals surface area contributed by atoms with Gasteiger partial charge in [-0.3, -0.25) is 0 Å². The Bertz CT molecular complexity index is 976. The molecule has 136 valence electrons. The molecule has 0 atom stereocenters. The fourth-order valence-corrected chi connectivity index (χ4v) is 4.12. The van der Waals surface area contributed by atoms with Crippen molar-refractivity contribution in [1.29, 1.82) is 0 Å². The van der Waals surface area contributed by atoms with Crippen LogP contribution in [-0.4, -0.2) is 21.7 Å². The molecule has 0 bridgehead atoms. The van der Waals surface area contributed by atoms with Gasteiger partial charge in [0.1, 0.15) is 10.6 Å². The SMILES string of the molecule is Cc1sc2nc(COC(=O)c3ccccc3SC(F)F)nc(N)c2c1C. The third-order valence-electron chi connectivity index (χ3n) is 3.76. The van der Waals surface area contributed by atoms with Crippen LogP contribution < -0.4 is 5.73 Å². The number of esters is 1. The quantitative estimate of drug-likeness (QED) is 0.504. The van der Waals surface area contributed by atoms with E-state index in [0.29, 0.717) is 17.6 Å². The zero-order valence-corrected chi connectivity index (χ0v) is 15.6. The van der Waals surface area contributed by atoms with E-state index >= 15 is 0 Å². The fraction of sp³-hybridized carbons (Fsp3) is 0.235. The number of hydrogen-bond acceptors (Lipinski definition) is 7. The normalized spacial score (nSPS) is 11.3. The minimum absolute atomic E-state index is 0.0784. The highest BCUT2D eigenvalue weighted by Crippen LogP contribution is 2.32. The van der Waals surface area contributed by atoms with Crippen molar-refractivity contribution in [3.05, 3.63) is 46.1 Å². The maximum Gasteiger partial charge on any atom is 0.339 e. The van der Waals surface area contributed by atoms with Crippen LogP contribution in [0.5, 0.6) is 0 Å². The van der Waals surface area contributed by atoms with Crippen molar-refractivity contribution in [2.45, 2.75) is 31.1 Å². The molecule has 0 aliphatic heterocycles. The molecule has 0 saturated carbocycles. The predicted molar refractivity (Wildman–Crippen MR) is 98.7 cm³/mol. The number of ether oxygens (including phenoxy) is 1. The van der Waals surface area contributed by atoms with Gasteiger partial charge in [-0.05, 0) is 31.5 Å². The number of hydrogen-bond donors (Lipinski definition) is 1. The van der Waals surface area contributed by atoms with Gasteiger partial charge in [0, 0.05) is 9.77 Å². The van der Waals surface area contributed by atoms with Gasteiger partial charge in [0.25, 0.3) is 5.76 Å². The molecule has 9 heteroatoms. The largest absolute Gasteiger partial charge is 0.454 e. The minimum atomic E-state index is -2.63. The van der Waals surface area contributed by atoms with Gasteiger partial charge in [-0.1, -0.05) is 23.9 Å². The van der Waals surface area contributed by atoms with Crippen LogP contribution in [0.2, 0.25) is 0 Å². The number of thiophene rings is 1. The molecule has 0 spiro atoms. The van der Waals surface area contributed by atoms with Crippen molar-refractivity contribution in [2.75, 3.05) is 5.73 Å². The molecular weight excluding hydrogens is 380 g/mol. The van der Waals surface area contributed by atoms with E-state index in [1.165, 1.54) is 23.5 Å². The molecule has 0 radical (unpaired) electrons. The Morgan fingerprint density at radius 1 is 1.31 bits per heavy atom. The first-order valence-electron chi connectivity index (χ1n) is 7.60. The average molecular weight is 395 g/mol. The second-order valence-corrected chi connectivity index (χ2v) is 7.67. The van der Waals surface area contributed by atoms with E-state index in [9.17, 15) is 13.6 Å². The van der Waals surface area contributed by atoms with Crippen molar-refractivity contribution in [1.82, 2.24) is 9.97 Å². The molecule has 26 heavy (non-hydrogen) atoms. The molecule has 0 aliphatic rings. The molecule has 2 heterocycles. The summed E-state index contributed by atoms with van der Waals surface area (Å²) in [5.74, 6) is -2.74. The molecule has 0 aliphatic carbocycles. The van der Waals surface area contributed by atoms with Gasteiger partial charge in [-0.15, -0.1) is 11.3 Å². The van der Waals surface area contributed by atoms with Gasteiger partial charge >= 0.3 is 5.97 Å². The van der Waals surface area contributed by atoms with Crippen LogP contribution in [0.25, 0.3) is 10.2 Å². The maximum atomic E-state index is 12.6. The van der Waals surface area contributed by atoms with Crippen molar-refractivity contribution < 1.29 is 18.3 Å². The summed E-state index contributed by atoms with van der Waals surface area (Å²) in [6.07, 6.45) is 0. The lowest BCUT2D eigenvalue weighted by Crippen LogP contribution is -2.09. The summed E-state index contributed by atoms with van der Waals surface area (Å²) in [5.41, 5.74) is 7.11. The first-order valence-corrected chi connectivity index (χ1v) is 9.29. The summed E-state index contributed by atoms with van der Waals surface area (Å²) >= 11 is 1.79. The summed E-state index contributed by atoms with van der Waals surface area (Å²) in [6.45, 7) is 3.73. The number of anilines is 1.